The molecule has 0 saturated carbocycles. The number of aromatic nitrogens is 1. The molecule has 0 fully saturated rings. The van der Waals surface area contributed by atoms with Crippen LogP contribution in [-0.4, -0.2) is 4.57 Å². The van der Waals surface area contributed by atoms with E-state index in [0.717, 1.165) is 6.07 Å². The number of nitriles is 1. The van der Waals surface area contributed by atoms with Gasteiger partial charge in [-0.15, -0.1) is 0 Å². The van der Waals surface area contributed by atoms with Crippen molar-refractivity contribution in [2.75, 3.05) is 0 Å². The second-order valence-corrected chi connectivity index (χ2v) is 7.24. The molecule has 0 N–H and O–H groups in total. The smallest absolute Gasteiger partial charge is 0.417 e. The Kier molecular flexibility index (Phi) is 6.01. The molecule has 0 amide bonds. The first-order valence-electron chi connectivity index (χ1n) is 9.99. The molecule has 4 nitrogen and oxygen atoms in total. The van der Waals surface area contributed by atoms with Gasteiger partial charge >= 0.3 is 6.18 Å². The summed E-state index contributed by atoms with van der Waals surface area (Å²) in [6.07, 6.45) is -4.85. The number of ether oxygens (including phenoxy) is 1. The molecule has 1 aromatic heterocycles. The van der Waals surface area contributed by atoms with Gasteiger partial charge in [0.25, 0.3) is 5.56 Å². The highest BCUT2D eigenvalue weighted by atomic mass is 19.4. The Morgan fingerprint density at radius 1 is 0.848 bits per heavy atom. The molecule has 4 aromatic rings. The van der Waals surface area contributed by atoms with Gasteiger partial charge in [-0.05, 0) is 53.6 Å². The SMILES string of the molecule is N#Cc1c(C(F)(F)F)cc(-c2ccc(Oc3ccccc3)cc2)n(Cc2ccccc2)c1=O. The molecule has 0 bridgehead atoms. The van der Waals surface area contributed by atoms with Crippen molar-refractivity contribution in [2.24, 2.45) is 0 Å². The van der Waals surface area contributed by atoms with E-state index in [2.05, 4.69) is 0 Å². The van der Waals surface area contributed by atoms with Crippen LogP contribution in [0.2, 0.25) is 0 Å². The predicted octanol–water partition coefficient (Wildman–Crippen LogP) is 6.25. The van der Waals surface area contributed by atoms with E-state index in [1.54, 1.807) is 66.7 Å². The molecule has 164 valence electrons. The molecule has 0 aliphatic carbocycles. The van der Waals surface area contributed by atoms with Crippen LogP contribution in [0.25, 0.3) is 11.3 Å². The van der Waals surface area contributed by atoms with E-state index < -0.39 is 22.9 Å². The van der Waals surface area contributed by atoms with Crippen molar-refractivity contribution in [2.45, 2.75) is 12.7 Å². The van der Waals surface area contributed by atoms with Crippen molar-refractivity contribution in [3.63, 3.8) is 0 Å². The second-order valence-electron chi connectivity index (χ2n) is 7.24. The first kappa shape index (κ1) is 21.9. The molecule has 0 unspecified atom stereocenters. The fourth-order valence-corrected chi connectivity index (χ4v) is 3.46. The van der Waals surface area contributed by atoms with Gasteiger partial charge in [0.1, 0.15) is 23.1 Å². The molecule has 0 radical (unpaired) electrons. The zero-order valence-electron chi connectivity index (χ0n) is 17.2. The van der Waals surface area contributed by atoms with E-state index >= 15 is 0 Å². The first-order chi connectivity index (χ1) is 15.9. The number of nitrogens with zero attached hydrogens (tertiary/aromatic N) is 2. The summed E-state index contributed by atoms with van der Waals surface area (Å²) in [7, 11) is 0. The lowest BCUT2D eigenvalue weighted by molar-refractivity contribution is -0.137. The Bertz CT molecular complexity index is 1360. The quantitative estimate of drug-likeness (QED) is 0.364. The third-order valence-corrected chi connectivity index (χ3v) is 5.03. The van der Waals surface area contributed by atoms with Crippen LogP contribution >= 0.6 is 0 Å². The highest BCUT2D eigenvalue weighted by Gasteiger charge is 2.36. The van der Waals surface area contributed by atoms with Gasteiger partial charge in [0.2, 0.25) is 0 Å². The third kappa shape index (κ3) is 4.80. The molecule has 1 heterocycles. The fourth-order valence-electron chi connectivity index (χ4n) is 3.46. The molecule has 0 aliphatic rings. The normalized spacial score (nSPS) is 11.1. The molecule has 0 aliphatic heterocycles. The Labute approximate surface area is 187 Å². The van der Waals surface area contributed by atoms with E-state index in [9.17, 15) is 23.2 Å². The predicted molar refractivity (Wildman–Crippen MR) is 118 cm³/mol. The highest BCUT2D eigenvalue weighted by Crippen LogP contribution is 2.34. The summed E-state index contributed by atoms with van der Waals surface area (Å²) in [5, 5.41) is 9.31. The Morgan fingerprint density at radius 2 is 1.42 bits per heavy atom. The first-order valence-corrected chi connectivity index (χ1v) is 9.99. The van der Waals surface area contributed by atoms with Crippen LogP contribution in [0.3, 0.4) is 0 Å². The molecule has 7 heteroatoms. The fraction of sp³-hybridized carbons (Fsp3) is 0.0769. The van der Waals surface area contributed by atoms with Crippen molar-refractivity contribution >= 4 is 0 Å². The van der Waals surface area contributed by atoms with E-state index in [0.29, 0.717) is 22.6 Å². The number of hydrogen-bond donors (Lipinski definition) is 0. The van der Waals surface area contributed by atoms with Gasteiger partial charge in [0.15, 0.2) is 0 Å². The highest BCUT2D eigenvalue weighted by molar-refractivity contribution is 5.63. The molecule has 0 spiro atoms. The van der Waals surface area contributed by atoms with Crippen LogP contribution in [0.15, 0.2) is 95.8 Å². The van der Waals surface area contributed by atoms with E-state index in [4.69, 9.17) is 4.74 Å². The van der Waals surface area contributed by atoms with Crippen molar-refractivity contribution < 1.29 is 17.9 Å². The van der Waals surface area contributed by atoms with Gasteiger partial charge in [0, 0.05) is 0 Å². The second kappa shape index (κ2) is 9.05. The number of alkyl halides is 3. The molecule has 3 aromatic carbocycles. The van der Waals surface area contributed by atoms with E-state index in [-0.39, 0.29) is 12.2 Å². The van der Waals surface area contributed by atoms with Crippen LogP contribution in [0.5, 0.6) is 11.5 Å². The lowest BCUT2D eigenvalue weighted by Crippen LogP contribution is -2.28. The summed E-state index contributed by atoms with van der Waals surface area (Å²) in [6, 6.07) is 26.6. The van der Waals surface area contributed by atoms with Gasteiger partial charge in [-0.25, -0.2) is 0 Å². The summed E-state index contributed by atoms with van der Waals surface area (Å²) >= 11 is 0. The van der Waals surface area contributed by atoms with Gasteiger partial charge in [-0.3, -0.25) is 4.79 Å². The Morgan fingerprint density at radius 3 is 2.00 bits per heavy atom. The topological polar surface area (TPSA) is 55.0 Å². The van der Waals surface area contributed by atoms with E-state index in [1.807, 2.05) is 18.2 Å². The van der Waals surface area contributed by atoms with Crippen molar-refractivity contribution in [1.29, 1.82) is 5.26 Å². The van der Waals surface area contributed by atoms with Crippen LogP contribution in [-0.2, 0) is 12.7 Å². The number of pyridine rings is 1. The lowest BCUT2D eigenvalue weighted by Gasteiger charge is -2.18. The van der Waals surface area contributed by atoms with E-state index in [1.165, 1.54) is 10.6 Å². The number of para-hydroxylation sites is 1. The summed E-state index contributed by atoms with van der Waals surface area (Å²) in [5.74, 6) is 1.11. The number of halogens is 3. The van der Waals surface area contributed by atoms with Crippen molar-refractivity contribution in [3.05, 3.63) is 118 Å². The zero-order valence-corrected chi connectivity index (χ0v) is 17.2. The summed E-state index contributed by atoms with van der Waals surface area (Å²) < 4.78 is 47.9. The Hall–Kier alpha value is -4.31. The molecule has 0 saturated heterocycles. The van der Waals surface area contributed by atoms with Crippen LogP contribution in [0.1, 0.15) is 16.7 Å². The lowest BCUT2D eigenvalue weighted by atomic mass is 10.0. The summed E-state index contributed by atoms with van der Waals surface area (Å²) in [6.45, 7) is 0.0179. The van der Waals surface area contributed by atoms with Crippen LogP contribution < -0.4 is 10.3 Å². The minimum absolute atomic E-state index is 0.0179. The Balaban J connectivity index is 1.82. The maximum absolute atomic E-state index is 13.7. The van der Waals surface area contributed by atoms with Gasteiger partial charge in [-0.2, -0.15) is 18.4 Å². The van der Waals surface area contributed by atoms with Gasteiger partial charge in [-0.1, -0.05) is 48.5 Å². The largest absolute Gasteiger partial charge is 0.457 e. The minimum Gasteiger partial charge on any atom is -0.457 e. The minimum atomic E-state index is -4.85. The van der Waals surface area contributed by atoms with Crippen molar-refractivity contribution in [1.82, 2.24) is 4.57 Å². The van der Waals surface area contributed by atoms with Gasteiger partial charge in [0.05, 0.1) is 17.8 Å². The summed E-state index contributed by atoms with van der Waals surface area (Å²) in [4.78, 5) is 13.0. The number of benzene rings is 3. The summed E-state index contributed by atoms with van der Waals surface area (Å²) in [5.41, 5.74) is -2.01. The third-order valence-electron chi connectivity index (χ3n) is 5.03. The molecular formula is C26H17F3N2O2. The van der Waals surface area contributed by atoms with Gasteiger partial charge < -0.3 is 9.30 Å². The number of hydrogen-bond acceptors (Lipinski definition) is 3. The number of rotatable bonds is 5. The van der Waals surface area contributed by atoms with Crippen LogP contribution in [0.4, 0.5) is 13.2 Å². The van der Waals surface area contributed by atoms with Crippen molar-refractivity contribution in [3.8, 4) is 28.8 Å². The standard InChI is InChI=1S/C26H17F3N2O2/c27-26(28,29)23-15-24(19-11-13-21(14-12-19)33-20-9-5-2-6-10-20)31(25(32)22(23)16-30)17-18-7-3-1-4-8-18/h1-15H,17H2. The molecule has 0 atom stereocenters. The average molecular weight is 446 g/mol. The average Bonchev–Trinajstić information content (AvgIpc) is 2.81. The maximum atomic E-state index is 13.7. The zero-order chi connectivity index (χ0) is 23.4. The van der Waals surface area contributed by atoms with Crippen LogP contribution in [0, 0.1) is 11.3 Å². The molecular weight excluding hydrogens is 429 g/mol. The monoisotopic (exact) mass is 446 g/mol. The molecule has 33 heavy (non-hydrogen) atoms. The maximum Gasteiger partial charge on any atom is 0.417 e. The molecule has 4 rings (SSSR count).